The maximum absolute atomic E-state index is 6.52. The maximum atomic E-state index is 6.52. The van der Waals surface area contributed by atoms with Gasteiger partial charge < -0.3 is 10.5 Å². The molecule has 0 bridgehead atoms. The number of hydrogen-bond acceptors (Lipinski definition) is 2. The number of hydrogen-bond donors (Lipinski definition) is 1. The van der Waals surface area contributed by atoms with Gasteiger partial charge in [0.05, 0.1) is 6.61 Å². The third-order valence-electron chi connectivity index (χ3n) is 5.50. The highest BCUT2D eigenvalue weighted by Gasteiger charge is 2.53. The van der Waals surface area contributed by atoms with Crippen molar-refractivity contribution in [3.63, 3.8) is 0 Å². The molecule has 108 valence electrons. The largest absolute Gasteiger partial charge is 0.493 e. The summed E-state index contributed by atoms with van der Waals surface area (Å²) in [6.07, 6.45) is 7.49. The van der Waals surface area contributed by atoms with E-state index in [1.807, 2.05) is 6.07 Å². The van der Waals surface area contributed by atoms with E-state index in [9.17, 15) is 0 Å². The summed E-state index contributed by atoms with van der Waals surface area (Å²) in [5, 5.41) is 0.824. The molecule has 1 heterocycles. The predicted molar refractivity (Wildman–Crippen MR) is 81.3 cm³/mol. The van der Waals surface area contributed by atoms with Gasteiger partial charge in [-0.25, -0.2) is 0 Å². The Morgan fingerprint density at radius 2 is 2.00 bits per heavy atom. The van der Waals surface area contributed by atoms with E-state index in [4.69, 9.17) is 22.1 Å². The van der Waals surface area contributed by atoms with E-state index in [0.29, 0.717) is 0 Å². The monoisotopic (exact) mass is 291 g/mol. The molecule has 0 aromatic heterocycles. The molecule has 1 aliphatic heterocycles. The van der Waals surface area contributed by atoms with E-state index in [1.165, 1.54) is 36.8 Å². The van der Waals surface area contributed by atoms with Crippen molar-refractivity contribution in [1.82, 2.24) is 0 Å². The summed E-state index contributed by atoms with van der Waals surface area (Å²) >= 11 is 6.23. The van der Waals surface area contributed by atoms with Crippen LogP contribution in [0.25, 0.3) is 0 Å². The van der Waals surface area contributed by atoms with E-state index >= 15 is 0 Å². The Balaban J connectivity index is 1.52. The Morgan fingerprint density at radius 1 is 1.25 bits per heavy atom. The molecule has 1 aromatic carbocycles. The lowest BCUT2D eigenvalue weighted by molar-refractivity contribution is 0.351. The first kappa shape index (κ1) is 13.0. The van der Waals surface area contributed by atoms with Gasteiger partial charge in [0, 0.05) is 17.5 Å². The summed E-state index contributed by atoms with van der Waals surface area (Å²) in [4.78, 5) is 0. The van der Waals surface area contributed by atoms with Crippen LogP contribution in [0.15, 0.2) is 12.1 Å². The van der Waals surface area contributed by atoms with Gasteiger partial charge in [-0.15, -0.1) is 0 Å². The molecule has 0 saturated heterocycles. The van der Waals surface area contributed by atoms with Crippen molar-refractivity contribution in [2.45, 2.75) is 44.6 Å². The minimum absolute atomic E-state index is 0.273. The molecule has 3 unspecified atom stereocenters. The van der Waals surface area contributed by atoms with Crippen molar-refractivity contribution in [1.29, 1.82) is 0 Å². The molecule has 1 aromatic rings. The van der Waals surface area contributed by atoms with Gasteiger partial charge in [0.2, 0.25) is 0 Å². The number of fused-ring (bicyclic) bond motifs is 2. The molecule has 3 heteroatoms. The number of nitrogens with two attached hydrogens (primary N) is 1. The molecule has 3 atom stereocenters. The van der Waals surface area contributed by atoms with Crippen LogP contribution in [0.4, 0.5) is 0 Å². The highest BCUT2D eigenvalue weighted by molar-refractivity contribution is 6.30. The summed E-state index contributed by atoms with van der Waals surface area (Å²) in [7, 11) is 0. The molecular weight excluding hydrogens is 270 g/mol. The Kier molecular flexibility index (Phi) is 3.19. The predicted octanol–water partition coefficient (Wildman–Crippen LogP) is 3.58. The molecule has 3 aliphatic rings. The van der Waals surface area contributed by atoms with Crippen molar-refractivity contribution in [2.24, 2.45) is 23.5 Å². The summed E-state index contributed by atoms with van der Waals surface area (Å²) in [6, 6.07) is 4.36. The van der Waals surface area contributed by atoms with Crippen LogP contribution in [-0.2, 0) is 12.8 Å². The van der Waals surface area contributed by atoms with E-state index in [-0.39, 0.29) is 6.04 Å². The zero-order chi connectivity index (χ0) is 13.7. The smallest absolute Gasteiger partial charge is 0.125 e. The van der Waals surface area contributed by atoms with E-state index in [2.05, 4.69) is 6.07 Å². The van der Waals surface area contributed by atoms with Crippen LogP contribution in [0.2, 0.25) is 5.02 Å². The molecule has 2 fully saturated rings. The third-order valence-corrected chi connectivity index (χ3v) is 5.72. The van der Waals surface area contributed by atoms with Crippen LogP contribution in [0.3, 0.4) is 0 Å². The number of ether oxygens (including phenoxy) is 1. The quantitative estimate of drug-likeness (QED) is 0.924. The first-order chi connectivity index (χ1) is 9.74. The second-order valence-corrected chi connectivity index (χ2v) is 7.15. The first-order valence-electron chi connectivity index (χ1n) is 7.94. The third kappa shape index (κ3) is 2.14. The van der Waals surface area contributed by atoms with Gasteiger partial charge in [-0.1, -0.05) is 24.4 Å². The standard InChI is InChI=1S/C17H22ClNO/c18-12-7-10-5-6-20-17(10)11(8-12)9-15(19)16-13-3-1-2-4-14(13)16/h7-8,13-16H,1-6,9,19H2. The summed E-state index contributed by atoms with van der Waals surface area (Å²) in [6.45, 7) is 0.784. The topological polar surface area (TPSA) is 35.2 Å². The maximum Gasteiger partial charge on any atom is 0.125 e. The van der Waals surface area contributed by atoms with Crippen LogP contribution in [0.1, 0.15) is 36.8 Å². The van der Waals surface area contributed by atoms with Gasteiger partial charge in [-0.2, -0.15) is 0 Å². The summed E-state index contributed by atoms with van der Waals surface area (Å²) in [5.41, 5.74) is 9.00. The lowest BCUT2D eigenvalue weighted by atomic mass is 9.98. The highest BCUT2D eigenvalue weighted by Crippen LogP contribution is 2.57. The van der Waals surface area contributed by atoms with Crippen LogP contribution in [0, 0.1) is 17.8 Å². The fraction of sp³-hybridized carbons (Fsp3) is 0.647. The minimum Gasteiger partial charge on any atom is -0.493 e. The SMILES string of the molecule is NC(Cc1cc(Cl)cc2c1OCC2)C1C2CCCCC21. The van der Waals surface area contributed by atoms with Gasteiger partial charge >= 0.3 is 0 Å². The lowest BCUT2D eigenvalue weighted by Gasteiger charge is -2.15. The van der Waals surface area contributed by atoms with Crippen molar-refractivity contribution in [3.8, 4) is 5.75 Å². The number of halogens is 1. The van der Waals surface area contributed by atoms with Crippen molar-refractivity contribution in [2.75, 3.05) is 6.61 Å². The minimum atomic E-state index is 0.273. The van der Waals surface area contributed by atoms with E-state index in [0.717, 1.165) is 48.0 Å². The van der Waals surface area contributed by atoms with Crippen molar-refractivity contribution >= 4 is 11.6 Å². The average Bonchev–Trinajstić information content (AvgIpc) is 2.98. The molecule has 2 N–H and O–H groups in total. The van der Waals surface area contributed by atoms with Gasteiger partial charge in [0.15, 0.2) is 0 Å². The lowest BCUT2D eigenvalue weighted by Crippen LogP contribution is -2.27. The molecule has 0 amide bonds. The number of rotatable bonds is 3. The zero-order valence-electron chi connectivity index (χ0n) is 11.8. The number of benzene rings is 1. The van der Waals surface area contributed by atoms with E-state index in [1.54, 1.807) is 0 Å². The van der Waals surface area contributed by atoms with Crippen LogP contribution in [0.5, 0.6) is 5.75 Å². The fourth-order valence-electron chi connectivity index (χ4n) is 4.57. The molecular formula is C17H22ClNO. The van der Waals surface area contributed by atoms with Crippen LogP contribution < -0.4 is 10.5 Å². The second kappa shape index (κ2) is 4.92. The molecule has 2 nitrogen and oxygen atoms in total. The molecule has 2 aliphatic carbocycles. The van der Waals surface area contributed by atoms with Crippen molar-refractivity contribution in [3.05, 3.63) is 28.3 Å². The fourth-order valence-corrected chi connectivity index (χ4v) is 4.83. The van der Waals surface area contributed by atoms with Crippen LogP contribution >= 0.6 is 11.6 Å². The second-order valence-electron chi connectivity index (χ2n) is 6.71. The van der Waals surface area contributed by atoms with Gasteiger partial charge in [0.1, 0.15) is 5.75 Å². The van der Waals surface area contributed by atoms with Gasteiger partial charge in [-0.05, 0) is 60.3 Å². The Labute approximate surface area is 125 Å². The Hall–Kier alpha value is -0.730. The first-order valence-corrected chi connectivity index (χ1v) is 8.31. The van der Waals surface area contributed by atoms with Crippen molar-refractivity contribution < 1.29 is 4.74 Å². The summed E-state index contributed by atoms with van der Waals surface area (Å²) in [5.74, 6) is 3.63. The Bertz CT molecular complexity index is 518. The molecule has 4 rings (SSSR count). The van der Waals surface area contributed by atoms with E-state index < -0.39 is 0 Å². The molecule has 0 spiro atoms. The molecule has 0 radical (unpaired) electrons. The van der Waals surface area contributed by atoms with Crippen LogP contribution in [-0.4, -0.2) is 12.6 Å². The normalized spacial score (nSPS) is 32.2. The Morgan fingerprint density at radius 3 is 2.75 bits per heavy atom. The van der Waals surface area contributed by atoms with Gasteiger partial charge in [-0.3, -0.25) is 0 Å². The molecule has 20 heavy (non-hydrogen) atoms. The highest BCUT2D eigenvalue weighted by atomic mass is 35.5. The summed E-state index contributed by atoms with van der Waals surface area (Å²) < 4.78 is 5.79. The zero-order valence-corrected chi connectivity index (χ0v) is 12.5. The van der Waals surface area contributed by atoms with Gasteiger partial charge in [0.25, 0.3) is 0 Å². The molecule has 2 saturated carbocycles. The average molecular weight is 292 g/mol.